The van der Waals surface area contributed by atoms with Gasteiger partial charge in [-0.1, -0.05) is 58.4 Å². The summed E-state index contributed by atoms with van der Waals surface area (Å²) >= 11 is 3.47. The lowest BCUT2D eigenvalue weighted by atomic mass is 10.0. The Labute approximate surface area is 137 Å². The van der Waals surface area contributed by atoms with Crippen molar-refractivity contribution in [2.45, 2.75) is 6.61 Å². The highest BCUT2D eigenvalue weighted by Crippen LogP contribution is 2.33. The zero-order chi connectivity index (χ0) is 15.4. The highest BCUT2D eigenvalue weighted by Gasteiger charge is 2.08. The van der Waals surface area contributed by atoms with Gasteiger partial charge in [0.05, 0.1) is 0 Å². The van der Waals surface area contributed by atoms with Crippen LogP contribution in [0.4, 0.5) is 4.39 Å². The minimum atomic E-state index is -0.245. The van der Waals surface area contributed by atoms with Crippen LogP contribution in [-0.4, -0.2) is 0 Å². The Balaban J connectivity index is 1.89. The first-order valence-corrected chi connectivity index (χ1v) is 7.74. The highest BCUT2D eigenvalue weighted by atomic mass is 79.9. The van der Waals surface area contributed by atoms with E-state index in [4.69, 9.17) is 4.74 Å². The van der Waals surface area contributed by atoms with E-state index in [-0.39, 0.29) is 5.82 Å². The lowest BCUT2D eigenvalue weighted by Gasteiger charge is -2.12. The zero-order valence-electron chi connectivity index (χ0n) is 11.8. The maximum absolute atomic E-state index is 13.1. The lowest BCUT2D eigenvalue weighted by molar-refractivity contribution is 0.307. The van der Waals surface area contributed by atoms with Gasteiger partial charge in [0.1, 0.15) is 18.2 Å². The molecule has 0 aliphatic rings. The molecule has 3 aromatic rings. The quantitative estimate of drug-likeness (QED) is 0.570. The summed E-state index contributed by atoms with van der Waals surface area (Å²) in [7, 11) is 0. The van der Waals surface area contributed by atoms with E-state index >= 15 is 0 Å². The second-order valence-electron chi connectivity index (χ2n) is 4.92. The van der Waals surface area contributed by atoms with Crippen molar-refractivity contribution in [3.05, 3.63) is 88.6 Å². The zero-order valence-corrected chi connectivity index (χ0v) is 13.4. The van der Waals surface area contributed by atoms with Gasteiger partial charge < -0.3 is 4.74 Å². The molecule has 0 fully saturated rings. The number of benzene rings is 3. The molecular formula is C19H14BrFO. The van der Waals surface area contributed by atoms with E-state index in [1.54, 1.807) is 12.1 Å². The van der Waals surface area contributed by atoms with Crippen molar-refractivity contribution in [2.75, 3.05) is 0 Å². The van der Waals surface area contributed by atoms with Crippen molar-refractivity contribution >= 4 is 15.9 Å². The molecule has 3 aromatic carbocycles. The molecule has 0 aliphatic carbocycles. The van der Waals surface area contributed by atoms with Gasteiger partial charge in [0.15, 0.2) is 0 Å². The smallest absolute Gasteiger partial charge is 0.127 e. The molecular weight excluding hydrogens is 343 g/mol. The van der Waals surface area contributed by atoms with Crippen molar-refractivity contribution in [1.82, 2.24) is 0 Å². The first-order valence-electron chi connectivity index (χ1n) is 6.94. The van der Waals surface area contributed by atoms with Crippen LogP contribution >= 0.6 is 15.9 Å². The first-order chi connectivity index (χ1) is 10.7. The van der Waals surface area contributed by atoms with Crippen LogP contribution in [0, 0.1) is 5.82 Å². The van der Waals surface area contributed by atoms with Crippen molar-refractivity contribution in [3.8, 4) is 16.9 Å². The van der Waals surface area contributed by atoms with E-state index in [9.17, 15) is 4.39 Å². The van der Waals surface area contributed by atoms with Gasteiger partial charge in [0.25, 0.3) is 0 Å². The molecule has 1 nitrogen and oxygen atoms in total. The van der Waals surface area contributed by atoms with Gasteiger partial charge in [-0.05, 0) is 41.5 Å². The minimum Gasteiger partial charge on any atom is -0.488 e. The van der Waals surface area contributed by atoms with E-state index < -0.39 is 0 Å². The highest BCUT2D eigenvalue weighted by molar-refractivity contribution is 9.10. The van der Waals surface area contributed by atoms with Crippen LogP contribution in [0.3, 0.4) is 0 Å². The van der Waals surface area contributed by atoms with E-state index in [0.29, 0.717) is 6.61 Å². The van der Waals surface area contributed by atoms with Gasteiger partial charge in [0, 0.05) is 10.0 Å². The molecule has 0 saturated carbocycles. The molecule has 22 heavy (non-hydrogen) atoms. The van der Waals surface area contributed by atoms with Gasteiger partial charge in [0.2, 0.25) is 0 Å². The van der Waals surface area contributed by atoms with E-state index in [1.165, 1.54) is 12.1 Å². The van der Waals surface area contributed by atoms with Crippen molar-refractivity contribution < 1.29 is 9.13 Å². The third kappa shape index (κ3) is 3.55. The van der Waals surface area contributed by atoms with E-state index in [0.717, 1.165) is 26.9 Å². The maximum Gasteiger partial charge on any atom is 0.127 e. The summed E-state index contributed by atoms with van der Waals surface area (Å²) in [6.07, 6.45) is 0. The third-order valence-corrected chi connectivity index (χ3v) is 3.83. The summed E-state index contributed by atoms with van der Waals surface area (Å²) in [5.41, 5.74) is 2.96. The molecule has 0 bridgehead atoms. The molecule has 0 spiro atoms. The first kappa shape index (κ1) is 14.8. The Bertz CT molecular complexity index is 754. The number of hydrogen-bond donors (Lipinski definition) is 0. The SMILES string of the molecule is Fc1ccc(-c2cc(Br)ccc2OCc2ccccc2)cc1. The second-order valence-corrected chi connectivity index (χ2v) is 5.84. The standard InChI is InChI=1S/C19H14BrFO/c20-16-8-11-19(22-13-14-4-2-1-3-5-14)18(12-16)15-6-9-17(21)10-7-15/h1-12H,13H2. The molecule has 0 radical (unpaired) electrons. The van der Waals surface area contributed by atoms with Gasteiger partial charge in [-0.2, -0.15) is 0 Å². The Morgan fingerprint density at radius 3 is 2.32 bits per heavy atom. The fraction of sp³-hybridized carbons (Fsp3) is 0.0526. The number of ether oxygens (including phenoxy) is 1. The number of halogens is 2. The summed E-state index contributed by atoms with van der Waals surface area (Å²) in [6.45, 7) is 0.497. The Morgan fingerprint density at radius 2 is 1.59 bits per heavy atom. The molecule has 0 aromatic heterocycles. The Morgan fingerprint density at radius 1 is 0.864 bits per heavy atom. The van der Waals surface area contributed by atoms with Gasteiger partial charge in [-0.15, -0.1) is 0 Å². The summed E-state index contributed by atoms with van der Waals surface area (Å²) in [6, 6.07) is 22.3. The largest absolute Gasteiger partial charge is 0.488 e. The van der Waals surface area contributed by atoms with Crippen LogP contribution in [0.25, 0.3) is 11.1 Å². The number of rotatable bonds is 4. The minimum absolute atomic E-state index is 0.245. The summed E-state index contributed by atoms with van der Waals surface area (Å²) in [5.74, 6) is 0.532. The van der Waals surface area contributed by atoms with Crippen LogP contribution in [0.15, 0.2) is 77.3 Å². The molecule has 0 amide bonds. The van der Waals surface area contributed by atoms with Crippen molar-refractivity contribution in [3.63, 3.8) is 0 Å². The van der Waals surface area contributed by atoms with Crippen LogP contribution in [0.5, 0.6) is 5.75 Å². The molecule has 0 heterocycles. The molecule has 0 aliphatic heterocycles. The molecule has 0 atom stereocenters. The van der Waals surface area contributed by atoms with E-state index in [1.807, 2.05) is 48.5 Å². The van der Waals surface area contributed by atoms with Crippen LogP contribution in [0.2, 0.25) is 0 Å². The van der Waals surface area contributed by atoms with Crippen molar-refractivity contribution in [1.29, 1.82) is 0 Å². The van der Waals surface area contributed by atoms with Gasteiger partial charge in [-0.25, -0.2) is 4.39 Å². The Hall–Kier alpha value is -2.13. The molecule has 3 rings (SSSR count). The fourth-order valence-corrected chi connectivity index (χ4v) is 2.58. The Kier molecular flexibility index (Phi) is 4.54. The monoisotopic (exact) mass is 356 g/mol. The molecule has 3 heteroatoms. The average molecular weight is 357 g/mol. The van der Waals surface area contributed by atoms with Crippen LogP contribution < -0.4 is 4.74 Å². The topological polar surface area (TPSA) is 9.23 Å². The second kappa shape index (κ2) is 6.75. The normalized spacial score (nSPS) is 10.5. The molecule has 0 unspecified atom stereocenters. The number of hydrogen-bond acceptors (Lipinski definition) is 1. The predicted molar refractivity (Wildman–Crippen MR) is 90.3 cm³/mol. The molecule has 110 valence electrons. The fourth-order valence-electron chi connectivity index (χ4n) is 2.22. The summed E-state index contributed by atoms with van der Waals surface area (Å²) in [5, 5.41) is 0. The predicted octanol–water partition coefficient (Wildman–Crippen LogP) is 5.83. The van der Waals surface area contributed by atoms with E-state index in [2.05, 4.69) is 15.9 Å². The van der Waals surface area contributed by atoms with Gasteiger partial charge in [-0.3, -0.25) is 0 Å². The summed E-state index contributed by atoms with van der Waals surface area (Å²) < 4.78 is 20.0. The third-order valence-electron chi connectivity index (χ3n) is 3.33. The molecule has 0 N–H and O–H groups in total. The lowest BCUT2D eigenvalue weighted by Crippen LogP contribution is -1.97. The van der Waals surface area contributed by atoms with Gasteiger partial charge >= 0.3 is 0 Å². The van der Waals surface area contributed by atoms with Crippen LogP contribution in [0.1, 0.15) is 5.56 Å². The van der Waals surface area contributed by atoms with Crippen LogP contribution in [-0.2, 0) is 6.61 Å². The molecule has 0 saturated heterocycles. The average Bonchev–Trinajstić information content (AvgIpc) is 2.55. The maximum atomic E-state index is 13.1. The summed E-state index contributed by atoms with van der Waals surface area (Å²) in [4.78, 5) is 0. The van der Waals surface area contributed by atoms with Crippen molar-refractivity contribution in [2.24, 2.45) is 0 Å².